The maximum atomic E-state index is 12.1. The van der Waals surface area contributed by atoms with E-state index in [1.54, 1.807) is 11.1 Å². The van der Waals surface area contributed by atoms with E-state index in [1.165, 1.54) is 0 Å². The summed E-state index contributed by atoms with van der Waals surface area (Å²) < 4.78 is 5.36. The Hall–Kier alpha value is -2.08. The number of fused-ring (bicyclic) bond motifs is 1. The van der Waals surface area contributed by atoms with E-state index in [4.69, 9.17) is 4.74 Å². The minimum Gasteiger partial charge on any atom is -0.444 e. The summed E-state index contributed by atoms with van der Waals surface area (Å²) in [5.74, 6) is 0. The minimum atomic E-state index is -1.09. The summed E-state index contributed by atoms with van der Waals surface area (Å²) in [5, 5.41) is 11.8. The molecule has 2 aromatic heterocycles. The van der Waals surface area contributed by atoms with Crippen LogP contribution in [-0.2, 0) is 10.3 Å². The molecule has 1 aliphatic rings. The molecule has 3 heterocycles. The number of pyridine rings is 1. The molecular weight excluding hydrogens is 282 g/mol. The number of β-amino-alcohol motifs (C(OH)–C–C–N with tert-alkyl or cyclic N) is 1. The summed E-state index contributed by atoms with van der Waals surface area (Å²) in [6, 6.07) is 5.68. The molecule has 6 nitrogen and oxygen atoms in total. The second kappa shape index (κ2) is 4.98. The Labute approximate surface area is 129 Å². The number of amides is 1. The van der Waals surface area contributed by atoms with Gasteiger partial charge in [-0.15, -0.1) is 0 Å². The van der Waals surface area contributed by atoms with Crippen LogP contribution >= 0.6 is 0 Å². The van der Waals surface area contributed by atoms with Crippen LogP contribution in [0.5, 0.6) is 0 Å². The third-order valence-electron chi connectivity index (χ3n) is 3.79. The number of aromatic nitrogens is 2. The Morgan fingerprint density at radius 2 is 2.27 bits per heavy atom. The first-order chi connectivity index (χ1) is 10.3. The van der Waals surface area contributed by atoms with Crippen LogP contribution < -0.4 is 0 Å². The quantitative estimate of drug-likeness (QED) is 0.848. The van der Waals surface area contributed by atoms with Crippen LogP contribution in [0.3, 0.4) is 0 Å². The molecular formula is C16H21N3O3. The highest BCUT2D eigenvalue weighted by molar-refractivity contribution is 5.76. The topological polar surface area (TPSA) is 78.4 Å². The summed E-state index contributed by atoms with van der Waals surface area (Å²) in [6.45, 7) is 6.17. The summed E-state index contributed by atoms with van der Waals surface area (Å²) in [6.07, 6.45) is 1.78. The molecule has 1 fully saturated rings. The van der Waals surface area contributed by atoms with Crippen LogP contribution in [0.2, 0.25) is 0 Å². The maximum Gasteiger partial charge on any atom is 0.410 e. The molecule has 0 spiro atoms. The highest BCUT2D eigenvalue weighted by atomic mass is 16.6. The highest BCUT2D eigenvalue weighted by Crippen LogP contribution is 2.33. The zero-order valence-corrected chi connectivity index (χ0v) is 13.1. The van der Waals surface area contributed by atoms with Gasteiger partial charge in [0.25, 0.3) is 0 Å². The number of nitrogens with zero attached hydrogens (tertiary/aromatic N) is 2. The molecule has 1 saturated heterocycles. The van der Waals surface area contributed by atoms with E-state index in [1.807, 2.05) is 39.0 Å². The molecule has 2 aromatic rings. The predicted octanol–water partition coefficient (Wildman–Crippen LogP) is 2.39. The molecule has 0 saturated carbocycles. The van der Waals surface area contributed by atoms with Crippen molar-refractivity contribution < 1.29 is 14.6 Å². The molecule has 0 aliphatic carbocycles. The zero-order valence-electron chi connectivity index (χ0n) is 13.1. The van der Waals surface area contributed by atoms with Crippen molar-refractivity contribution in [1.82, 2.24) is 14.9 Å². The van der Waals surface area contributed by atoms with Gasteiger partial charge in [-0.3, -0.25) is 0 Å². The van der Waals surface area contributed by atoms with Crippen molar-refractivity contribution in [3.8, 4) is 0 Å². The van der Waals surface area contributed by atoms with Gasteiger partial charge in [0, 0.05) is 24.5 Å². The molecule has 118 valence electrons. The third-order valence-corrected chi connectivity index (χ3v) is 3.79. The second-order valence-corrected chi connectivity index (χ2v) is 6.81. The van der Waals surface area contributed by atoms with E-state index in [0.29, 0.717) is 18.7 Å². The Bertz CT molecular complexity index is 671. The van der Waals surface area contributed by atoms with E-state index in [9.17, 15) is 9.90 Å². The Morgan fingerprint density at radius 3 is 2.95 bits per heavy atom. The van der Waals surface area contributed by atoms with Gasteiger partial charge >= 0.3 is 6.09 Å². The van der Waals surface area contributed by atoms with Gasteiger partial charge in [0.2, 0.25) is 0 Å². The first-order valence-electron chi connectivity index (χ1n) is 7.41. The number of rotatable bonds is 1. The molecule has 1 amide bonds. The molecule has 6 heteroatoms. The van der Waals surface area contributed by atoms with Crippen molar-refractivity contribution in [2.75, 3.05) is 13.1 Å². The van der Waals surface area contributed by atoms with Crippen LogP contribution in [0.25, 0.3) is 11.0 Å². The molecule has 0 aromatic carbocycles. The van der Waals surface area contributed by atoms with Gasteiger partial charge in [-0.1, -0.05) is 0 Å². The maximum absolute atomic E-state index is 12.1. The number of likely N-dealkylation sites (tertiary alicyclic amines) is 1. The first-order valence-corrected chi connectivity index (χ1v) is 7.41. The lowest BCUT2D eigenvalue weighted by Gasteiger charge is -2.26. The van der Waals surface area contributed by atoms with E-state index >= 15 is 0 Å². The smallest absolute Gasteiger partial charge is 0.410 e. The van der Waals surface area contributed by atoms with E-state index < -0.39 is 17.3 Å². The van der Waals surface area contributed by atoms with E-state index in [2.05, 4.69) is 9.97 Å². The van der Waals surface area contributed by atoms with Gasteiger partial charge < -0.3 is 19.7 Å². The Morgan fingerprint density at radius 1 is 1.50 bits per heavy atom. The van der Waals surface area contributed by atoms with Crippen LogP contribution in [0.15, 0.2) is 24.4 Å². The fourth-order valence-corrected chi connectivity index (χ4v) is 2.70. The van der Waals surface area contributed by atoms with Gasteiger partial charge in [-0.25, -0.2) is 9.78 Å². The third kappa shape index (κ3) is 2.78. The average Bonchev–Trinajstić information content (AvgIpc) is 3.01. The number of H-pyrrole nitrogens is 1. The van der Waals surface area contributed by atoms with E-state index in [0.717, 1.165) is 11.0 Å². The number of nitrogens with one attached hydrogen (secondary N) is 1. The number of carbonyl (C=O) groups is 1. The van der Waals surface area contributed by atoms with Crippen molar-refractivity contribution in [3.05, 3.63) is 30.1 Å². The minimum absolute atomic E-state index is 0.217. The number of hydrogen-bond donors (Lipinski definition) is 2. The predicted molar refractivity (Wildman–Crippen MR) is 82.4 cm³/mol. The van der Waals surface area contributed by atoms with Crippen LogP contribution in [0.1, 0.15) is 32.9 Å². The lowest BCUT2D eigenvalue weighted by molar-refractivity contribution is 0.0129. The largest absolute Gasteiger partial charge is 0.444 e. The van der Waals surface area contributed by atoms with Gasteiger partial charge in [0.15, 0.2) is 0 Å². The molecule has 1 atom stereocenters. The Kier molecular flexibility index (Phi) is 3.36. The summed E-state index contributed by atoms with van der Waals surface area (Å²) in [5.41, 5.74) is -0.200. The number of carbonyl (C=O) groups excluding carboxylic acids is 1. The monoisotopic (exact) mass is 303 g/mol. The van der Waals surface area contributed by atoms with Crippen molar-refractivity contribution >= 4 is 17.1 Å². The fourth-order valence-electron chi connectivity index (χ4n) is 2.70. The lowest BCUT2D eigenvalue weighted by Crippen LogP contribution is -2.38. The number of ether oxygens (including phenoxy) is 1. The summed E-state index contributed by atoms with van der Waals surface area (Å²) in [7, 11) is 0. The number of aliphatic hydroxyl groups is 1. The molecule has 22 heavy (non-hydrogen) atoms. The van der Waals surface area contributed by atoms with Crippen LogP contribution in [-0.4, -0.2) is 44.8 Å². The number of hydrogen-bond acceptors (Lipinski definition) is 4. The molecule has 3 rings (SSSR count). The van der Waals surface area contributed by atoms with Gasteiger partial charge in [0.05, 0.1) is 12.2 Å². The number of aromatic amines is 1. The molecule has 2 N–H and O–H groups in total. The molecule has 0 bridgehead atoms. The van der Waals surface area contributed by atoms with Gasteiger partial charge in [0.1, 0.15) is 16.8 Å². The average molecular weight is 303 g/mol. The van der Waals surface area contributed by atoms with E-state index in [-0.39, 0.29) is 6.54 Å². The molecule has 1 aliphatic heterocycles. The van der Waals surface area contributed by atoms with Crippen molar-refractivity contribution in [1.29, 1.82) is 0 Å². The first kappa shape index (κ1) is 14.8. The normalized spacial score (nSPS) is 22.3. The lowest BCUT2D eigenvalue weighted by atomic mass is 9.99. The molecule has 1 unspecified atom stereocenters. The highest BCUT2D eigenvalue weighted by Gasteiger charge is 2.42. The van der Waals surface area contributed by atoms with Crippen LogP contribution in [0.4, 0.5) is 4.79 Å². The van der Waals surface area contributed by atoms with Crippen LogP contribution in [0, 0.1) is 0 Å². The van der Waals surface area contributed by atoms with Crippen molar-refractivity contribution in [2.24, 2.45) is 0 Å². The fraction of sp³-hybridized carbons (Fsp3) is 0.500. The summed E-state index contributed by atoms with van der Waals surface area (Å²) in [4.78, 5) is 21.0. The van der Waals surface area contributed by atoms with Gasteiger partial charge in [-0.05, 0) is 39.0 Å². The van der Waals surface area contributed by atoms with Crippen molar-refractivity contribution in [3.63, 3.8) is 0 Å². The molecule has 0 radical (unpaired) electrons. The SMILES string of the molecule is CC(C)(C)OC(=O)N1CCC(O)(c2cc3cccnc3[nH]2)C1. The second-order valence-electron chi connectivity index (χ2n) is 6.81. The van der Waals surface area contributed by atoms with Crippen molar-refractivity contribution in [2.45, 2.75) is 38.4 Å². The van der Waals surface area contributed by atoms with Gasteiger partial charge in [-0.2, -0.15) is 0 Å². The summed E-state index contributed by atoms with van der Waals surface area (Å²) >= 11 is 0. The Balaban J connectivity index is 1.79. The standard InChI is InChI=1S/C16H21N3O3/c1-15(2,3)22-14(20)19-8-6-16(21,10-19)12-9-11-5-4-7-17-13(11)18-12/h4-5,7,9,21H,6,8,10H2,1-3H3,(H,17,18). The zero-order chi connectivity index (χ0) is 16.0.